The summed E-state index contributed by atoms with van der Waals surface area (Å²) in [6.45, 7) is 10.9. The third kappa shape index (κ3) is 4.72. The number of amides is 1. The van der Waals surface area contributed by atoms with Gasteiger partial charge in [0.05, 0.1) is 5.41 Å². The summed E-state index contributed by atoms with van der Waals surface area (Å²) in [5.74, 6) is 1.16. The highest BCUT2D eigenvalue weighted by Crippen LogP contribution is 2.43. The van der Waals surface area contributed by atoms with E-state index < -0.39 is 5.41 Å². The van der Waals surface area contributed by atoms with Crippen LogP contribution in [0.5, 0.6) is 0 Å². The van der Waals surface area contributed by atoms with Gasteiger partial charge >= 0.3 is 5.97 Å². The summed E-state index contributed by atoms with van der Waals surface area (Å²) in [4.78, 5) is 31.9. The van der Waals surface area contributed by atoms with E-state index in [1.54, 1.807) is 0 Å². The topological polar surface area (TPSA) is 66.2 Å². The summed E-state index contributed by atoms with van der Waals surface area (Å²) in [7, 11) is 3.98. The Morgan fingerprint density at radius 2 is 1.87 bits per heavy atom. The van der Waals surface area contributed by atoms with Crippen LogP contribution in [0.1, 0.15) is 61.9 Å². The van der Waals surface area contributed by atoms with Gasteiger partial charge in [0.15, 0.2) is 5.76 Å². The average molecular weight is 420 g/mol. The van der Waals surface area contributed by atoms with Crippen LogP contribution in [0.2, 0.25) is 0 Å². The Morgan fingerprint density at radius 3 is 2.43 bits per heavy atom. The number of nitrogens with zero attached hydrogens (tertiary/aromatic N) is 3. The summed E-state index contributed by atoms with van der Waals surface area (Å²) >= 11 is 0. The van der Waals surface area contributed by atoms with Crippen LogP contribution >= 0.6 is 0 Å². The molecule has 1 unspecified atom stereocenters. The van der Waals surface area contributed by atoms with Crippen LogP contribution in [0.3, 0.4) is 0 Å². The molecule has 1 amide bonds. The monoisotopic (exact) mass is 419 g/mol. The Morgan fingerprint density at radius 1 is 1.20 bits per heavy atom. The summed E-state index contributed by atoms with van der Waals surface area (Å²) in [5, 5.41) is 0. The molecule has 3 rings (SSSR count). The standard InChI is InChI=1S/C23H37N3O4/c1-6-19-17(15-25(7-2)8-3)13-20(30-19)21(27)26-11-9-23(10-12-26)14-18(16-24(4)5)29-22(23)28/h13,18H,6-12,14-16H2,1-5H3. The Kier molecular flexibility index (Phi) is 7.24. The highest BCUT2D eigenvalue weighted by atomic mass is 16.6. The van der Waals surface area contributed by atoms with Gasteiger partial charge in [-0.05, 0) is 46.1 Å². The molecule has 0 aromatic carbocycles. The number of carbonyl (C=O) groups is 2. The van der Waals surface area contributed by atoms with Crippen molar-refractivity contribution in [3.63, 3.8) is 0 Å². The maximum Gasteiger partial charge on any atom is 0.312 e. The molecule has 30 heavy (non-hydrogen) atoms. The number of piperidine rings is 1. The van der Waals surface area contributed by atoms with Crippen molar-refractivity contribution < 1.29 is 18.7 Å². The number of hydrogen-bond donors (Lipinski definition) is 0. The zero-order valence-electron chi connectivity index (χ0n) is 19.2. The van der Waals surface area contributed by atoms with E-state index in [-0.39, 0.29) is 18.0 Å². The molecule has 3 heterocycles. The van der Waals surface area contributed by atoms with Crippen molar-refractivity contribution in [2.45, 2.75) is 59.1 Å². The van der Waals surface area contributed by atoms with Crippen LogP contribution in [0, 0.1) is 5.41 Å². The van der Waals surface area contributed by atoms with E-state index in [1.165, 1.54) is 0 Å². The third-order valence-electron chi connectivity index (χ3n) is 6.62. The zero-order valence-corrected chi connectivity index (χ0v) is 19.2. The van der Waals surface area contributed by atoms with Crippen LogP contribution in [0.25, 0.3) is 0 Å². The van der Waals surface area contributed by atoms with Gasteiger partial charge in [-0.25, -0.2) is 0 Å². The Hall–Kier alpha value is -1.86. The number of carbonyl (C=O) groups excluding carboxylic acids is 2. The number of ether oxygens (including phenoxy) is 1. The van der Waals surface area contributed by atoms with Crippen LogP contribution in [-0.2, 0) is 22.5 Å². The van der Waals surface area contributed by atoms with Gasteiger partial charge in [-0.1, -0.05) is 20.8 Å². The molecular weight excluding hydrogens is 382 g/mol. The molecule has 7 heteroatoms. The molecule has 0 bridgehead atoms. The van der Waals surface area contributed by atoms with E-state index in [0.29, 0.717) is 31.7 Å². The lowest BCUT2D eigenvalue weighted by Crippen LogP contribution is -2.45. The summed E-state index contributed by atoms with van der Waals surface area (Å²) in [5.41, 5.74) is 0.673. The minimum absolute atomic E-state index is 0.0467. The maximum absolute atomic E-state index is 13.1. The Bertz CT molecular complexity index is 746. The van der Waals surface area contributed by atoms with Gasteiger partial charge in [0, 0.05) is 44.6 Å². The molecule has 2 fully saturated rings. The maximum atomic E-state index is 13.1. The lowest BCUT2D eigenvalue weighted by Gasteiger charge is -2.36. The van der Waals surface area contributed by atoms with E-state index in [2.05, 4.69) is 25.7 Å². The van der Waals surface area contributed by atoms with Gasteiger partial charge in [-0.15, -0.1) is 0 Å². The lowest BCUT2D eigenvalue weighted by atomic mass is 9.76. The number of likely N-dealkylation sites (N-methyl/N-ethyl adjacent to an activating group) is 1. The normalized spacial score (nSPS) is 21.1. The first-order valence-corrected chi connectivity index (χ1v) is 11.3. The van der Waals surface area contributed by atoms with Crippen molar-refractivity contribution in [1.29, 1.82) is 0 Å². The number of esters is 1. The molecule has 1 spiro atoms. The second-order valence-corrected chi connectivity index (χ2v) is 8.94. The van der Waals surface area contributed by atoms with E-state index in [4.69, 9.17) is 9.15 Å². The SMILES string of the molecule is CCc1oc(C(=O)N2CCC3(CC2)CC(CN(C)C)OC3=O)cc1CN(CC)CC. The summed E-state index contributed by atoms with van der Waals surface area (Å²) < 4.78 is 11.6. The van der Waals surface area contributed by atoms with Crippen LogP contribution in [0.15, 0.2) is 10.5 Å². The third-order valence-corrected chi connectivity index (χ3v) is 6.62. The molecule has 2 saturated heterocycles. The van der Waals surface area contributed by atoms with Crippen molar-refractivity contribution in [3.05, 3.63) is 23.2 Å². The minimum Gasteiger partial charge on any atom is -0.461 e. The molecule has 0 aliphatic carbocycles. The lowest BCUT2D eigenvalue weighted by molar-refractivity contribution is -0.150. The van der Waals surface area contributed by atoms with E-state index in [1.807, 2.05) is 30.0 Å². The molecule has 168 valence electrons. The molecule has 1 aromatic rings. The number of furan rings is 1. The van der Waals surface area contributed by atoms with Gasteiger partial charge in [-0.3, -0.25) is 14.5 Å². The van der Waals surface area contributed by atoms with Crippen LogP contribution in [0.4, 0.5) is 0 Å². The molecular formula is C23H37N3O4. The minimum atomic E-state index is -0.427. The fourth-order valence-electron chi connectivity index (χ4n) is 4.74. The molecule has 0 radical (unpaired) electrons. The fraction of sp³-hybridized carbons (Fsp3) is 0.739. The smallest absolute Gasteiger partial charge is 0.312 e. The average Bonchev–Trinajstić information content (AvgIpc) is 3.26. The Balaban J connectivity index is 1.64. The number of aryl methyl sites for hydroxylation is 1. The van der Waals surface area contributed by atoms with Crippen molar-refractivity contribution >= 4 is 11.9 Å². The van der Waals surface area contributed by atoms with Crippen molar-refractivity contribution in [2.24, 2.45) is 5.41 Å². The number of hydrogen-bond acceptors (Lipinski definition) is 6. The van der Waals surface area contributed by atoms with E-state index in [9.17, 15) is 9.59 Å². The summed E-state index contributed by atoms with van der Waals surface area (Å²) in [6, 6.07) is 1.92. The number of rotatable bonds is 8. The van der Waals surface area contributed by atoms with E-state index in [0.717, 1.165) is 50.3 Å². The molecule has 7 nitrogen and oxygen atoms in total. The van der Waals surface area contributed by atoms with E-state index >= 15 is 0 Å². The molecule has 2 aliphatic heterocycles. The predicted octanol–water partition coefficient (Wildman–Crippen LogP) is 2.78. The molecule has 1 atom stereocenters. The molecule has 2 aliphatic rings. The van der Waals surface area contributed by atoms with Gasteiger partial charge in [0.25, 0.3) is 5.91 Å². The van der Waals surface area contributed by atoms with Gasteiger partial charge in [0.2, 0.25) is 0 Å². The Labute approximate surface area is 180 Å². The zero-order chi connectivity index (χ0) is 21.9. The molecule has 0 N–H and O–H groups in total. The first-order valence-electron chi connectivity index (χ1n) is 11.3. The van der Waals surface area contributed by atoms with Crippen LogP contribution in [-0.4, -0.2) is 79.5 Å². The highest BCUT2D eigenvalue weighted by Gasteiger charge is 2.51. The second kappa shape index (κ2) is 9.52. The van der Waals surface area contributed by atoms with Gasteiger partial charge in [0.1, 0.15) is 11.9 Å². The number of likely N-dealkylation sites (tertiary alicyclic amines) is 1. The largest absolute Gasteiger partial charge is 0.461 e. The predicted molar refractivity (Wildman–Crippen MR) is 115 cm³/mol. The van der Waals surface area contributed by atoms with Crippen LogP contribution < -0.4 is 0 Å². The number of cyclic esters (lactones) is 1. The van der Waals surface area contributed by atoms with Crippen molar-refractivity contribution in [1.82, 2.24) is 14.7 Å². The van der Waals surface area contributed by atoms with Crippen molar-refractivity contribution in [2.75, 3.05) is 46.8 Å². The highest BCUT2D eigenvalue weighted by molar-refractivity contribution is 5.92. The van der Waals surface area contributed by atoms with Gasteiger partial charge < -0.3 is 19.0 Å². The second-order valence-electron chi connectivity index (χ2n) is 8.94. The van der Waals surface area contributed by atoms with Gasteiger partial charge in [-0.2, -0.15) is 0 Å². The quantitative estimate of drug-likeness (QED) is 0.604. The molecule has 1 aromatic heterocycles. The first-order chi connectivity index (χ1) is 14.3. The fourth-order valence-corrected chi connectivity index (χ4v) is 4.74. The summed E-state index contributed by atoms with van der Waals surface area (Å²) in [6.07, 6.45) is 2.80. The van der Waals surface area contributed by atoms with Crippen molar-refractivity contribution in [3.8, 4) is 0 Å². The molecule has 0 saturated carbocycles. The first kappa shape index (κ1) is 22.8.